The second-order valence-corrected chi connectivity index (χ2v) is 11.4. The van der Waals surface area contributed by atoms with Crippen LogP contribution in [0.4, 0.5) is 5.69 Å². The zero-order chi connectivity index (χ0) is 26.8. The summed E-state index contributed by atoms with van der Waals surface area (Å²) in [5.41, 5.74) is 7.55. The molecule has 1 saturated heterocycles. The van der Waals surface area contributed by atoms with E-state index in [-0.39, 0.29) is 0 Å². The zero-order valence-electron chi connectivity index (χ0n) is 23.2. The number of ether oxygens (including phenoxy) is 2. The van der Waals surface area contributed by atoms with Crippen molar-refractivity contribution in [2.75, 3.05) is 31.6 Å². The molecule has 204 valence electrons. The van der Waals surface area contributed by atoms with Crippen LogP contribution in [0, 0.1) is 5.92 Å². The predicted molar refractivity (Wildman–Crippen MR) is 156 cm³/mol. The minimum atomic E-state index is -0.432. The Morgan fingerprint density at radius 3 is 2.51 bits per heavy atom. The monoisotopic (exact) mass is 524 g/mol. The molecule has 0 amide bonds. The summed E-state index contributed by atoms with van der Waals surface area (Å²) in [6, 6.07) is 23.5. The number of nitrogens with zero attached hydrogens (tertiary/aromatic N) is 2. The maximum Gasteiger partial charge on any atom is 0.268 e. The van der Waals surface area contributed by atoms with Crippen LogP contribution in [0.2, 0.25) is 0 Å². The van der Waals surface area contributed by atoms with E-state index in [0.29, 0.717) is 17.6 Å². The highest BCUT2D eigenvalue weighted by Gasteiger charge is 2.32. The molecule has 3 aromatic carbocycles. The highest BCUT2D eigenvalue weighted by molar-refractivity contribution is 5.55. The summed E-state index contributed by atoms with van der Waals surface area (Å²) in [7, 11) is 2.22. The first kappa shape index (κ1) is 25.8. The average molecular weight is 525 g/mol. The van der Waals surface area contributed by atoms with Crippen LogP contribution in [0.25, 0.3) is 0 Å². The SMILES string of the molecule is CCN(Cc1ccc(C2CCN(C)CC2)cc1)c1ccccc1C1OC=C(C2CCc3cc(O)ccc3C2)O1. The molecule has 0 radical (unpaired) electrons. The molecular formula is C34H40N2O3. The van der Waals surface area contributed by atoms with Crippen LogP contribution in [0.3, 0.4) is 0 Å². The molecule has 2 aliphatic heterocycles. The number of para-hydroxylation sites is 1. The van der Waals surface area contributed by atoms with Crippen LogP contribution in [-0.4, -0.2) is 36.7 Å². The van der Waals surface area contributed by atoms with E-state index in [1.165, 1.54) is 48.2 Å². The Balaban J connectivity index is 1.12. The quantitative estimate of drug-likeness (QED) is 0.364. The number of likely N-dealkylation sites (tertiary alicyclic amines) is 1. The molecule has 3 aliphatic rings. The highest BCUT2D eigenvalue weighted by Crippen LogP contribution is 2.41. The van der Waals surface area contributed by atoms with Gasteiger partial charge in [0.2, 0.25) is 0 Å². The van der Waals surface area contributed by atoms with Gasteiger partial charge >= 0.3 is 0 Å². The third kappa shape index (κ3) is 5.65. The average Bonchev–Trinajstić information content (AvgIpc) is 3.47. The third-order valence-electron chi connectivity index (χ3n) is 8.83. The molecule has 1 fully saturated rings. The Hall–Kier alpha value is -3.44. The Morgan fingerprint density at radius 2 is 1.72 bits per heavy atom. The van der Waals surface area contributed by atoms with Crippen LogP contribution >= 0.6 is 0 Å². The standard InChI is InChI=1S/C34H40N2O3/c1-3-36(22-24-8-10-25(11-9-24)26-16-18-35(2)19-17-26)32-7-5-4-6-31(32)34-38-23-33(39-34)29-13-12-28-21-30(37)15-14-27(28)20-29/h4-11,14-15,21,23,26,29,34,37H,3,12-13,16-20,22H2,1-2H3. The number of phenols is 1. The van der Waals surface area contributed by atoms with Crippen molar-refractivity contribution in [1.29, 1.82) is 0 Å². The topological polar surface area (TPSA) is 45.2 Å². The molecule has 5 nitrogen and oxygen atoms in total. The molecule has 0 aromatic heterocycles. The van der Waals surface area contributed by atoms with E-state index in [9.17, 15) is 5.11 Å². The Kier molecular flexibility index (Phi) is 7.51. The molecule has 39 heavy (non-hydrogen) atoms. The largest absolute Gasteiger partial charge is 0.508 e. The molecule has 0 spiro atoms. The van der Waals surface area contributed by atoms with Crippen molar-refractivity contribution in [3.63, 3.8) is 0 Å². The van der Waals surface area contributed by atoms with Crippen LogP contribution < -0.4 is 4.90 Å². The molecule has 0 saturated carbocycles. The molecule has 6 rings (SSSR count). The van der Waals surface area contributed by atoms with Gasteiger partial charge in [0.1, 0.15) is 17.8 Å². The van der Waals surface area contributed by atoms with E-state index in [1.807, 2.05) is 18.4 Å². The highest BCUT2D eigenvalue weighted by atomic mass is 16.7. The van der Waals surface area contributed by atoms with Gasteiger partial charge in [-0.25, -0.2) is 0 Å². The fraction of sp³-hybridized carbons (Fsp3) is 0.412. The van der Waals surface area contributed by atoms with E-state index in [0.717, 1.165) is 49.4 Å². The van der Waals surface area contributed by atoms with Gasteiger partial charge in [0, 0.05) is 24.7 Å². The van der Waals surface area contributed by atoms with E-state index in [1.54, 1.807) is 6.07 Å². The summed E-state index contributed by atoms with van der Waals surface area (Å²) in [5, 5.41) is 9.82. The number of rotatable bonds is 7. The number of phenolic OH excluding ortho intramolecular Hbond substituents is 1. The second kappa shape index (κ2) is 11.4. The van der Waals surface area contributed by atoms with Gasteiger partial charge < -0.3 is 24.4 Å². The summed E-state index contributed by atoms with van der Waals surface area (Å²) < 4.78 is 12.6. The zero-order valence-corrected chi connectivity index (χ0v) is 23.2. The molecule has 5 heteroatoms. The molecule has 1 aliphatic carbocycles. The van der Waals surface area contributed by atoms with Crippen LogP contribution in [0.15, 0.2) is 78.8 Å². The van der Waals surface area contributed by atoms with Crippen molar-refractivity contribution < 1.29 is 14.6 Å². The number of anilines is 1. The summed E-state index contributed by atoms with van der Waals surface area (Å²) >= 11 is 0. The smallest absolute Gasteiger partial charge is 0.268 e. The number of hydrogen-bond donors (Lipinski definition) is 1. The lowest BCUT2D eigenvalue weighted by Gasteiger charge is -2.30. The van der Waals surface area contributed by atoms with Crippen molar-refractivity contribution in [2.45, 2.75) is 57.8 Å². The second-order valence-electron chi connectivity index (χ2n) is 11.4. The summed E-state index contributed by atoms with van der Waals surface area (Å²) in [4.78, 5) is 4.84. The summed E-state index contributed by atoms with van der Waals surface area (Å²) in [5.74, 6) is 2.25. The number of benzene rings is 3. The van der Waals surface area contributed by atoms with E-state index in [2.05, 4.69) is 72.3 Å². The molecule has 1 N–H and O–H groups in total. The minimum absolute atomic E-state index is 0.296. The summed E-state index contributed by atoms with van der Waals surface area (Å²) in [6.45, 7) is 6.33. The fourth-order valence-corrected chi connectivity index (χ4v) is 6.42. The van der Waals surface area contributed by atoms with Crippen LogP contribution in [0.1, 0.15) is 66.2 Å². The van der Waals surface area contributed by atoms with Crippen molar-refractivity contribution in [1.82, 2.24) is 4.90 Å². The Bertz CT molecular complexity index is 1310. The number of piperidine rings is 1. The van der Waals surface area contributed by atoms with Gasteiger partial charge in [-0.2, -0.15) is 0 Å². The summed E-state index contributed by atoms with van der Waals surface area (Å²) in [6.07, 6.45) is 6.74. The van der Waals surface area contributed by atoms with Crippen molar-refractivity contribution in [3.05, 3.63) is 107 Å². The number of hydrogen-bond acceptors (Lipinski definition) is 5. The van der Waals surface area contributed by atoms with Gasteiger partial charge in [-0.05, 0) is 112 Å². The molecule has 0 bridgehead atoms. The van der Waals surface area contributed by atoms with Crippen molar-refractivity contribution >= 4 is 5.69 Å². The first-order chi connectivity index (χ1) is 19.1. The van der Waals surface area contributed by atoms with Crippen LogP contribution in [-0.2, 0) is 28.9 Å². The lowest BCUT2D eigenvalue weighted by Crippen LogP contribution is -2.29. The molecular weight excluding hydrogens is 484 g/mol. The normalized spacial score (nSPS) is 21.5. The van der Waals surface area contributed by atoms with E-state index in [4.69, 9.17) is 9.47 Å². The van der Waals surface area contributed by atoms with Crippen LogP contribution in [0.5, 0.6) is 5.75 Å². The third-order valence-corrected chi connectivity index (χ3v) is 8.83. The van der Waals surface area contributed by atoms with E-state index < -0.39 is 6.29 Å². The van der Waals surface area contributed by atoms with Gasteiger partial charge in [-0.15, -0.1) is 0 Å². The first-order valence-electron chi connectivity index (χ1n) is 14.5. The Morgan fingerprint density at radius 1 is 0.923 bits per heavy atom. The first-order valence-corrected chi connectivity index (χ1v) is 14.5. The van der Waals surface area contributed by atoms with Crippen molar-refractivity contribution in [2.24, 2.45) is 5.92 Å². The van der Waals surface area contributed by atoms with Gasteiger partial charge in [0.15, 0.2) is 0 Å². The molecule has 2 atom stereocenters. The van der Waals surface area contributed by atoms with E-state index >= 15 is 0 Å². The predicted octanol–water partition coefficient (Wildman–Crippen LogP) is 6.92. The molecule has 2 heterocycles. The van der Waals surface area contributed by atoms with Gasteiger partial charge in [-0.3, -0.25) is 0 Å². The number of fused-ring (bicyclic) bond motifs is 1. The fourth-order valence-electron chi connectivity index (χ4n) is 6.42. The lowest BCUT2D eigenvalue weighted by atomic mass is 9.83. The number of aromatic hydroxyl groups is 1. The molecule has 3 aromatic rings. The van der Waals surface area contributed by atoms with Gasteiger partial charge in [0.05, 0.1) is 5.56 Å². The lowest BCUT2D eigenvalue weighted by molar-refractivity contribution is -0.0402. The maximum atomic E-state index is 9.82. The maximum absolute atomic E-state index is 9.82. The molecule has 2 unspecified atom stereocenters. The van der Waals surface area contributed by atoms with Crippen molar-refractivity contribution in [3.8, 4) is 5.75 Å². The number of aryl methyl sites for hydroxylation is 1. The van der Waals surface area contributed by atoms with Gasteiger partial charge in [0.25, 0.3) is 6.29 Å². The van der Waals surface area contributed by atoms with Gasteiger partial charge in [-0.1, -0.05) is 42.5 Å². The minimum Gasteiger partial charge on any atom is -0.508 e. The Labute approximate surface area is 232 Å². The number of allylic oxidation sites excluding steroid dienone is 1.